The van der Waals surface area contributed by atoms with E-state index in [2.05, 4.69) is 67.2 Å². The molecule has 1 heterocycles. The van der Waals surface area contributed by atoms with Gasteiger partial charge in [0.15, 0.2) is 0 Å². The van der Waals surface area contributed by atoms with Crippen LogP contribution < -0.4 is 9.31 Å². The van der Waals surface area contributed by atoms with E-state index in [1.165, 1.54) is 21.5 Å². The van der Waals surface area contributed by atoms with Crippen molar-refractivity contribution in [3.05, 3.63) is 85.5 Å². The van der Waals surface area contributed by atoms with Crippen molar-refractivity contribution in [2.45, 2.75) is 6.32 Å². The van der Waals surface area contributed by atoms with Crippen molar-refractivity contribution in [1.82, 2.24) is 0 Å². The van der Waals surface area contributed by atoms with Crippen molar-refractivity contribution in [3.63, 3.8) is 0 Å². The highest BCUT2D eigenvalue weighted by Gasteiger charge is 2.30. The van der Waals surface area contributed by atoms with Gasteiger partial charge in [-0.25, -0.2) is 0 Å². The smallest absolute Gasteiger partial charge is 0.525 e. The molecule has 0 bridgehead atoms. The second-order valence-corrected chi connectivity index (χ2v) is 6.51. The molecule has 4 aromatic rings. The summed E-state index contributed by atoms with van der Waals surface area (Å²) in [7, 11) is -0.380. The summed E-state index contributed by atoms with van der Waals surface area (Å²) in [6.45, 7) is 3.84. The lowest BCUT2D eigenvalue weighted by molar-refractivity contribution is 0.434. The molecule has 0 spiro atoms. The lowest BCUT2D eigenvalue weighted by Crippen LogP contribution is -2.28. The lowest BCUT2D eigenvalue weighted by atomic mass is 9.84. The predicted octanol–water partition coefficient (Wildman–Crippen LogP) is 6.11. The highest BCUT2D eigenvalue weighted by Crippen LogP contribution is 2.47. The molecule has 5 rings (SSSR count). The number of hydrogen-bond acceptors (Lipinski definition) is 2. The summed E-state index contributed by atoms with van der Waals surface area (Å²) in [5, 5.41) is 4.72. The van der Waals surface area contributed by atoms with E-state index < -0.39 is 0 Å². The average Bonchev–Trinajstić information content (AvgIpc) is 2.84. The minimum atomic E-state index is -0.380. The van der Waals surface area contributed by atoms with E-state index in [0.717, 1.165) is 22.6 Å². The Morgan fingerprint density at radius 3 is 1.69 bits per heavy atom. The first-order valence-corrected chi connectivity index (χ1v) is 8.83. The molecule has 0 N–H and O–H groups in total. The van der Waals surface area contributed by atoms with Crippen LogP contribution in [0, 0.1) is 0 Å². The van der Waals surface area contributed by atoms with Crippen molar-refractivity contribution >= 4 is 28.7 Å². The lowest BCUT2D eigenvalue weighted by Gasteiger charge is -2.14. The molecule has 0 fully saturated rings. The van der Waals surface area contributed by atoms with Crippen molar-refractivity contribution in [2.24, 2.45) is 0 Å². The van der Waals surface area contributed by atoms with Gasteiger partial charge in [0.05, 0.1) is 0 Å². The third kappa shape index (κ3) is 2.28. The Kier molecular flexibility index (Phi) is 3.46. The molecule has 2 nitrogen and oxygen atoms in total. The van der Waals surface area contributed by atoms with Crippen LogP contribution in [0.5, 0.6) is 11.5 Å². The first kappa shape index (κ1) is 15.1. The molecule has 4 aromatic carbocycles. The van der Waals surface area contributed by atoms with Crippen LogP contribution in [0.4, 0.5) is 0 Å². The monoisotopic (exact) mass is 336 g/mol. The van der Waals surface area contributed by atoms with Gasteiger partial charge >= 0.3 is 7.12 Å². The van der Waals surface area contributed by atoms with Gasteiger partial charge in [-0.3, -0.25) is 0 Å². The standard InChI is InChI=1S/C23H17BO2/c1-2-15-24-25-20-13-11-16-7-3-5-9-18(16)22(20)23-19-10-6-4-8-17(19)12-14-21(23)26-24/h2-14H,1,15H2. The molecule has 0 aromatic heterocycles. The van der Waals surface area contributed by atoms with Crippen molar-refractivity contribution < 1.29 is 9.31 Å². The zero-order valence-electron chi connectivity index (χ0n) is 14.3. The molecule has 3 heteroatoms. The molecule has 0 amide bonds. The first-order chi connectivity index (χ1) is 12.8. The van der Waals surface area contributed by atoms with Gasteiger partial charge in [-0.15, -0.1) is 6.58 Å². The van der Waals surface area contributed by atoms with Crippen molar-refractivity contribution in [3.8, 4) is 22.6 Å². The molecule has 0 atom stereocenters. The largest absolute Gasteiger partial charge is 0.598 e. The molecular weight excluding hydrogens is 319 g/mol. The number of allylic oxidation sites excluding steroid dienone is 1. The van der Waals surface area contributed by atoms with Crippen LogP contribution in [0.2, 0.25) is 6.32 Å². The van der Waals surface area contributed by atoms with Crippen LogP contribution in [0.25, 0.3) is 32.7 Å². The van der Waals surface area contributed by atoms with E-state index in [1.807, 2.05) is 18.2 Å². The van der Waals surface area contributed by atoms with Gasteiger partial charge < -0.3 is 9.31 Å². The Morgan fingerprint density at radius 1 is 0.692 bits per heavy atom. The summed E-state index contributed by atoms with van der Waals surface area (Å²) in [6, 6.07) is 25.1. The minimum absolute atomic E-state index is 0.380. The topological polar surface area (TPSA) is 18.5 Å². The molecular formula is C23H17BO2. The summed E-state index contributed by atoms with van der Waals surface area (Å²) in [4.78, 5) is 0. The SMILES string of the molecule is C=CCB1Oc2ccc3ccccc3c2-c2c(ccc3ccccc23)O1. The van der Waals surface area contributed by atoms with Crippen molar-refractivity contribution in [1.29, 1.82) is 0 Å². The normalized spacial score (nSPS) is 12.7. The first-order valence-electron chi connectivity index (χ1n) is 8.83. The van der Waals surface area contributed by atoms with Gasteiger partial charge in [-0.1, -0.05) is 66.7 Å². The Bertz CT molecular complexity index is 1060. The third-order valence-corrected chi connectivity index (χ3v) is 4.91. The van der Waals surface area contributed by atoms with Gasteiger partial charge in [-0.2, -0.15) is 0 Å². The average molecular weight is 336 g/mol. The Hall–Kier alpha value is -3.20. The maximum atomic E-state index is 6.24. The highest BCUT2D eigenvalue weighted by molar-refractivity contribution is 6.47. The molecule has 0 saturated heterocycles. The number of rotatable bonds is 2. The third-order valence-electron chi connectivity index (χ3n) is 4.91. The summed E-state index contributed by atoms with van der Waals surface area (Å²) < 4.78 is 12.5. The van der Waals surface area contributed by atoms with E-state index >= 15 is 0 Å². The van der Waals surface area contributed by atoms with Gasteiger partial charge in [0.1, 0.15) is 11.5 Å². The van der Waals surface area contributed by atoms with Crippen LogP contribution in [0.15, 0.2) is 85.5 Å². The Labute approximate surface area is 152 Å². The summed E-state index contributed by atoms with van der Waals surface area (Å²) in [5.74, 6) is 1.70. The van der Waals surface area contributed by atoms with Gasteiger partial charge in [0, 0.05) is 17.4 Å². The molecule has 0 unspecified atom stereocenters. The van der Waals surface area contributed by atoms with E-state index in [9.17, 15) is 0 Å². The molecule has 0 saturated carbocycles. The predicted molar refractivity (Wildman–Crippen MR) is 109 cm³/mol. The Balaban J connectivity index is 1.92. The molecule has 1 aliphatic rings. The van der Waals surface area contributed by atoms with Crippen LogP contribution in [0.1, 0.15) is 0 Å². The van der Waals surface area contributed by atoms with Crippen molar-refractivity contribution in [2.75, 3.05) is 0 Å². The quantitative estimate of drug-likeness (QED) is 0.325. The minimum Gasteiger partial charge on any atom is -0.525 e. The molecule has 124 valence electrons. The van der Waals surface area contributed by atoms with Crippen LogP contribution in [-0.2, 0) is 0 Å². The van der Waals surface area contributed by atoms with E-state index in [1.54, 1.807) is 0 Å². The fourth-order valence-electron chi connectivity index (χ4n) is 3.75. The van der Waals surface area contributed by atoms with E-state index in [0.29, 0.717) is 6.32 Å². The van der Waals surface area contributed by atoms with Crippen LogP contribution in [-0.4, -0.2) is 7.12 Å². The highest BCUT2D eigenvalue weighted by atomic mass is 16.6. The zero-order valence-corrected chi connectivity index (χ0v) is 14.3. The van der Waals surface area contributed by atoms with Crippen LogP contribution in [0.3, 0.4) is 0 Å². The Morgan fingerprint density at radius 2 is 1.19 bits per heavy atom. The fraction of sp³-hybridized carbons (Fsp3) is 0.0435. The second-order valence-electron chi connectivity index (χ2n) is 6.51. The summed E-state index contributed by atoms with van der Waals surface area (Å²) in [5.41, 5.74) is 2.20. The number of fused-ring (bicyclic) bond motifs is 7. The maximum Gasteiger partial charge on any atom is 0.598 e. The van der Waals surface area contributed by atoms with Crippen LogP contribution >= 0.6 is 0 Å². The maximum absolute atomic E-state index is 6.24. The van der Waals surface area contributed by atoms with Gasteiger partial charge in [0.25, 0.3) is 0 Å². The second kappa shape index (κ2) is 5.96. The molecule has 1 aliphatic heterocycles. The molecule has 0 aliphatic carbocycles. The number of benzene rings is 4. The van der Waals surface area contributed by atoms with Gasteiger partial charge in [-0.05, 0) is 33.7 Å². The number of hydrogen-bond donors (Lipinski definition) is 0. The van der Waals surface area contributed by atoms with E-state index in [-0.39, 0.29) is 7.12 Å². The summed E-state index contributed by atoms with van der Waals surface area (Å²) in [6.07, 6.45) is 2.45. The van der Waals surface area contributed by atoms with E-state index in [4.69, 9.17) is 9.31 Å². The molecule has 0 radical (unpaired) electrons. The summed E-state index contributed by atoms with van der Waals surface area (Å²) >= 11 is 0. The zero-order chi connectivity index (χ0) is 17.5. The fourth-order valence-corrected chi connectivity index (χ4v) is 3.75. The van der Waals surface area contributed by atoms with Gasteiger partial charge in [0.2, 0.25) is 0 Å². The molecule has 26 heavy (non-hydrogen) atoms.